The van der Waals surface area contributed by atoms with E-state index in [1.54, 1.807) is 0 Å². The molecule has 1 unspecified atom stereocenters. The van der Waals surface area contributed by atoms with Crippen LogP contribution in [0, 0.1) is 5.82 Å². The highest BCUT2D eigenvalue weighted by Crippen LogP contribution is 2.29. The van der Waals surface area contributed by atoms with Crippen molar-refractivity contribution < 1.29 is 12.8 Å². The second kappa shape index (κ2) is 6.08. The number of nitrogen functional groups attached to an aromatic ring is 1. The minimum Gasteiger partial charge on any atom is -0.396 e. The third-order valence-corrected chi connectivity index (χ3v) is 5.93. The third-order valence-electron chi connectivity index (χ3n) is 3.80. The van der Waals surface area contributed by atoms with E-state index in [4.69, 9.17) is 17.3 Å². The van der Waals surface area contributed by atoms with Crippen LogP contribution >= 0.6 is 11.6 Å². The second-order valence-electron chi connectivity index (χ2n) is 5.39. The number of nitrogens with two attached hydrogens (primary N) is 1. The minimum absolute atomic E-state index is 0.0987. The summed E-state index contributed by atoms with van der Waals surface area (Å²) in [6.07, 6.45) is 1.65. The van der Waals surface area contributed by atoms with E-state index in [-0.39, 0.29) is 16.8 Å². The molecular formula is C13H19ClFN3O2S. The molecule has 1 aliphatic rings. The van der Waals surface area contributed by atoms with Gasteiger partial charge >= 0.3 is 0 Å². The van der Waals surface area contributed by atoms with Gasteiger partial charge in [-0.05, 0) is 38.6 Å². The van der Waals surface area contributed by atoms with Crippen molar-refractivity contribution in [3.05, 3.63) is 23.0 Å². The molecule has 0 spiro atoms. The number of hydrogen-bond acceptors (Lipinski definition) is 4. The Kier molecular flexibility index (Phi) is 4.77. The van der Waals surface area contributed by atoms with Crippen LogP contribution in [0.4, 0.5) is 10.1 Å². The fourth-order valence-electron chi connectivity index (χ4n) is 2.56. The number of likely N-dealkylation sites (tertiary alicyclic amines) is 1. The van der Waals surface area contributed by atoms with Gasteiger partial charge in [0, 0.05) is 24.7 Å². The molecule has 2 rings (SSSR count). The van der Waals surface area contributed by atoms with Gasteiger partial charge < -0.3 is 10.6 Å². The summed E-state index contributed by atoms with van der Waals surface area (Å²) in [7, 11) is -0.567. The first-order valence-corrected chi connectivity index (χ1v) is 8.46. The summed E-state index contributed by atoms with van der Waals surface area (Å²) < 4.78 is 40.5. The molecule has 1 heterocycles. The molecule has 1 aromatic rings. The Bertz CT molecular complexity index is 639. The van der Waals surface area contributed by atoms with Crippen molar-refractivity contribution in [3.63, 3.8) is 0 Å². The lowest BCUT2D eigenvalue weighted by atomic mass is 10.1. The number of halogens is 2. The van der Waals surface area contributed by atoms with E-state index in [2.05, 4.69) is 4.90 Å². The topological polar surface area (TPSA) is 66.6 Å². The summed E-state index contributed by atoms with van der Waals surface area (Å²) in [5, 5.41) is 0.0987. The maximum atomic E-state index is 14.1. The van der Waals surface area contributed by atoms with Crippen molar-refractivity contribution in [3.8, 4) is 0 Å². The summed E-state index contributed by atoms with van der Waals surface area (Å²) in [6, 6.07) is 2.11. The Morgan fingerprint density at radius 2 is 2.14 bits per heavy atom. The molecule has 118 valence electrons. The lowest BCUT2D eigenvalue weighted by molar-refractivity contribution is 0.187. The fourth-order valence-corrected chi connectivity index (χ4v) is 4.35. The highest BCUT2D eigenvalue weighted by atomic mass is 35.5. The molecule has 1 aliphatic heterocycles. The zero-order valence-electron chi connectivity index (χ0n) is 12.0. The summed E-state index contributed by atoms with van der Waals surface area (Å²) in [4.78, 5) is 1.59. The van der Waals surface area contributed by atoms with Crippen molar-refractivity contribution in [1.29, 1.82) is 0 Å². The molecule has 1 atom stereocenters. The number of sulfonamides is 1. The van der Waals surface area contributed by atoms with E-state index in [1.165, 1.54) is 17.4 Å². The Hall–Kier alpha value is -0.890. The van der Waals surface area contributed by atoms with Crippen LogP contribution in [0.1, 0.15) is 12.8 Å². The number of nitrogens with zero attached hydrogens (tertiary/aromatic N) is 2. The van der Waals surface area contributed by atoms with Crippen molar-refractivity contribution in [2.75, 3.05) is 32.9 Å². The number of benzene rings is 1. The van der Waals surface area contributed by atoms with Gasteiger partial charge in [-0.1, -0.05) is 11.6 Å². The third kappa shape index (κ3) is 3.31. The molecule has 0 aliphatic carbocycles. The summed E-state index contributed by atoms with van der Waals surface area (Å²) in [5.74, 6) is -0.949. The van der Waals surface area contributed by atoms with Crippen LogP contribution in [0.2, 0.25) is 5.02 Å². The van der Waals surface area contributed by atoms with E-state index in [1.807, 2.05) is 7.05 Å². The maximum Gasteiger partial charge on any atom is 0.246 e. The van der Waals surface area contributed by atoms with Gasteiger partial charge in [0.25, 0.3) is 0 Å². The van der Waals surface area contributed by atoms with E-state index in [9.17, 15) is 12.8 Å². The lowest BCUT2D eigenvalue weighted by Crippen LogP contribution is -2.47. The maximum absolute atomic E-state index is 14.1. The first kappa shape index (κ1) is 16.5. The average Bonchev–Trinajstić information content (AvgIpc) is 2.41. The van der Waals surface area contributed by atoms with Gasteiger partial charge in [0.2, 0.25) is 10.0 Å². The number of likely N-dealkylation sites (N-methyl/N-ethyl adjacent to an activating group) is 2. The molecule has 0 bridgehead atoms. The Balaban J connectivity index is 2.37. The van der Waals surface area contributed by atoms with Crippen molar-refractivity contribution in [2.24, 2.45) is 0 Å². The van der Waals surface area contributed by atoms with E-state index in [0.717, 1.165) is 25.5 Å². The molecule has 0 amide bonds. The van der Waals surface area contributed by atoms with Crippen molar-refractivity contribution in [2.45, 2.75) is 23.8 Å². The Labute approximate surface area is 129 Å². The number of rotatable bonds is 3. The van der Waals surface area contributed by atoms with E-state index >= 15 is 0 Å². The first-order chi connectivity index (χ1) is 9.73. The molecule has 1 saturated heterocycles. The van der Waals surface area contributed by atoms with Gasteiger partial charge in [-0.2, -0.15) is 4.31 Å². The quantitative estimate of drug-likeness (QED) is 0.855. The summed E-state index contributed by atoms with van der Waals surface area (Å²) in [6.45, 7) is 1.55. The second-order valence-corrected chi connectivity index (χ2v) is 7.79. The van der Waals surface area contributed by atoms with Crippen LogP contribution in [0.3, 0.4) is 0 Å². The molecule has 0 radical (unpaired) electrons. The van der Waals surface area contributed by atoms with Gasteiger partial charge in [-0.25, -0.2) is 12.8 Å². The van der Waals surface area contributed by atoms with Crippen LogP contribution in [0.15, 0.2) is 17.0 Å². The average molecular weight is 336 g/mol. The molecule has 8 heteroatoms. The molecule has 0 saturated carbocycles. The Morgan fingerprint density at radius 3 is 2.76 bits per heavy atom. The van der Waals surface area contributed by atoms with E-state index < -0.39 is 20.7 Å². The van der Waals surface area contributed by atoms with Gasteiger partial charge in [-0.3, -0.25) is 0 Å². The van der Waals surface area contributed by atoms with Crippen LogP contribution in [0.25, 0.3) is 0 Å². The van der Waals surface area contributed by atoms with Crippen LogP contribution < -0.4 is 5.73 Å². The van der Waals surface area contributed by atoms with Crippen LogP contribution in [-0.4, -0.2) is 50.8 Å². The van der Waals surface area contributed by atoms with E-state index in [0.29, 0.717) is 6.54 Å². The lowest BCUT2D eigenvalue weighted by Gasteiger charge is -2.35. The van der Waals surface area contributed by atoms with Crippen molar-refractivity contribution in [1.82, 2.24) is 9.21 Å². The standard InChI is InChI=1S/C13H19ClFN3O2S/c1-17-5-3-4-10(8-17)18(2)21(19,20)12-7-9(14)6-11(16)13(12)15/h6-7,10H,3-5,8,16H2,1-2H3. The monoisotopic (exact) mass is 335 g/mol. The van der Waals surface area contributed by atoms with Gasteiger partial charge in [-0.15, -0.1) is 0 Å². The molecule has 1 aromatic carbocycles. The number of anilines is 1. The van der Waals surface area contributed by atoms with Gasteiger partial charge in [0.1, 0.15) is 4.90 Å². The largest absolute Gasteiger partial charge is 0.396 e. The smallest absolute Gasteiger partial charge is 0.246 e. The molecular weight excluding hydrogens is 317 g/mol. The predicted molar refractivity (Wildman–Crippen MR) is 81.3 cm³/mol. The molecule has 21 heavy (non-hydrogen) atoms. The van der Waals surface area contributed by atoms with Gasteiger partial charge in [0.05, 0.1) is 5.69 Å². The van der Waals surface area contributed by atoms with Crippen LogP contribution in [0.5, 0.6) is 0 Å². The first-order valence-electron chi connectivity index (χ1n) is 6.64. The molecule has 2 N–H and O–H groups in total. The summed E-state index contributed by atoms with van der Waals surface area (Å²) in [5.41, 5.74) is 5.20. The summed E-state index contributed by atoms with van der Waals surface area (Å²) >= 11 is 5.80. The predicted octanol–water partition coefficient (Wildman–Crippen LogP) is 1.78. The zero-order valence-corrected chi connectivity index (χ0v) is 13.6. The number of piperidine rings is 1. The highest BCUT2D eigenvalue weighted by Gasteiger charge is 2.33. The minimum atomic E-state index is -3.97. The highest BCUT2D eigenvalue weighted by molar-refractivity contribution is 7.89. The fraction of sp³-hybridized carbons (Fsp3) is 0.538. The molecule has 0 aromatic heterocycles. The molecule has 1 fully saturated rings. The number of hydrogen-bond donors (Lipinski definition) is 1. The van der Waals surface area contributed by atoms with Crippen molar-refractivity contribution >= 4 is 27.3 Å². The zero-order chi connectivity index (χ0) is 15.8. The van der Waals surface area contributed by atoms with Gasteiger partial charge in [0.15, 0.2) is 5.82 Å². The normalized spacial score (nSPS) is 20.9. The van der Waals surface area contributed by atoms with Crippen LogP contribution in [-0.2, 0) is 10.0 Å². The molecule has 5 nitrogen and oxygen atoms in total. The SMILES string of the molecule is CN1CCCC(N(C)S(=O)(=O)c2cc(Cl)cc(N)c2F)C1. The Morgan fingerprint density at radius 1 is 1.48 bits per heavy atom.